The SMILES string of the molecule is CCC1CCC(N(C)C(CNCC(C)C)C(C)C)CC1. The third-order valence-corrected chi connectivity index (χ3v) is 5.17. The van der Waals surface area contributed by atoms with E-state index < -0.39 is 0 Å². The second-order valence-corrected chi connectivity index (χ2v) is 7.61. The van der Waals surface area contributed by atoms with Crippen LogP contribution in [0.2, 0.25) is 0 Å². The zero-order valence-electron chi connectivity index (χ0n) is 14.8. The Labute approximate surface area is 127 Å². The normalized spacial score (nSPS) is 25.6. The first-order valence-electron chi connectivity index (χ1n) is 8.88. The van der Waals surface area contributed by atoms with Crippen LogP contribution >= 0.6 is 0 Å². The summed E-state index contributed by atoms with van der Waals surface area (Å²) in [6.45, 7) is 13.9. The highest BCUT2D eigenvalue weighted by molar-refractivity contribution is 4.84. The zero-order chi connectivity index (χ0) is 15.1. The van der Waals surface area contributed by atoms with E-state index in [1.54, 1.807) is 0 Å². The summed E-state index contributed by atoms with van der Waals surface area (Å²) in [6, 6.07) is 1.49. The highest BCUT2D eigenvalue weighted by Gasteiger charge is 2.28. The molecule has 1 rings (SSSR count). The minimum atomic E-state index is 0.678. The van der Waals surface area contributed by atoms with Crippen LogP contribution in [0.25, 0.3) is 0 Å². The molecule has 0 heterocycles. The average Bonchev–Trinajstić information content (AvgIpc) is 2.42. The van der Waals surface area contributed by atoms with Crippen molar-refractivity contribution < 1.29 is 0 Å². The number of hydrogen-bond donors (Lipinski definition) is 1. The van der Waals surface area contributed by atoms with Gasteiger partial charge in [-0.1, -0.05) is 41.0 Å². The third kappa shape index (κ3) is 5.73. The minimum Gasteiger partial charge on any atom is -0.315 e. The van der Waals surface area contributed by atoms with Crippen molar-refractivity contribution in [3.05, 3.63) is 0 Å². The molecule has 0 spiro atoms. The van der Waals surface area contributed by atoms with Crippen molar-refractivity contribution in [2.24, 2.45) is 17.8 Å². The minimum absolute atomic E-state index is 0.678. The quantitative estimate of drug-likeness (QED) is 0.719. The van der Waals surface area contributed by atoms with Gasteiger partial charge < -0.3 is 5.32 Å². The lowest BCUT2D eigenvalue weighted by Gasteiger charge is -2.41. The monoisotopic (exact) mass is 282 g/mol. The molecule has 2 nitrogen and oxygen atoms in total. The molecule has 1 fully saturated rings. The Balaban J connectivity index is 2.45. The van der Waals surface area contributed by atoms with Gasteiger partial charge in [-0.2, -0.15) is 0 Å². The van der Waals surface area contributed by atoms with Crippen molar-refractivity contribution in [3.63, 3.8) is 0 Å². The highest BCUT2D eigenvalue weighted by Crippen LogP contribution is 2.30. The van der Waals surface area contributed by atoms with Gasteiger partial charge in [0.15, 0.2) is 0 Å². The first-order valence-corrected chi connectivity index (χ1v) is 8.88. The zero-order valence-corrected chi connectivity index (χ0v) is 14.8. The fraction of sp³-hybridized carbons (Fsp3) is 1.00. The summed E-state index contributed by atoms with van der Waals surface area (Å²) < 4.78 is 0. The van der Waals surface area contributed by atoms with E-state index in [0.29, 0.717) is 6.04 Å². The first kappa shape index (κ1) is 18.0. The molecule has 0 aliphatic heterocycles. The summed E-state index contributed by atoms with van der Waals surface area (Å²) in [4.78, 5) is 2.68. The molecule has 1 aliphatic rings. The molecule has 20 heavy (non-hydrogen) atoms. The van der Waals surface area contributed by atoms with E-state index in [0.717, 1.165) is 36.9 Å². The molecule has 120 valence electrons. The number of nitrogens with one attached hydrogen (secondary N) is 1. The Bertz CT molecular complexity index is 242. The van der Waals surface area contributed by atoms with E-state index in [2.05, 4.69) is 51.9 Å². The van der Waals surface area contributed by atoms with Gasteiger partial charge in [0.2, 0.25) is 0 Å². The Hall–Kier alpha value is -0.0800. The summed E-state index contributed by atoms with van der Waals surface area (Å²) in [6.07, 6.45) is 7.07. The van der Waals surface area contributed by atoms with E-state index in [-0.39, 0.29) is 0 Å². The van der Waals surface area contributed by atoms with Crippen LogP contribution in [0.5, 0.6) is 0 Å². The molecule has 0 bridgehead atoms. The van der Waals surface area contributed by atoms with Gasteiger partial charge in [0.25, 0.3) is 0 Å². The van der Waals surface area contributed by atoms with Crippen LogP contribution in [-0.4, -0.2) is 37.1 Å². The molecule has 0 aromatic rings. The number of hydrogen-bond acceptors (Lipinski definition) is 2. The van der Waals surface area contributed by atoms with Crippen molar-refractivity contribution in [2.75, 3.05) is 20.1 Å². The van der Waals surface area contributed by atoms with Crippen molar-refractivity contribution in [3.8, 4) is 0 Å². The number of likely N-dealkylation sites (N-methyl/N-ethyl adjacent to an activating group) is 1. The Morgan fingerprint density at radius 1 is 1.00 bits per heavy atom. The van der Waals surface area contributed by atoms with Gasteiger partial charge in [-0.25, -0.2) is 0 Å². The summed E-state index contributed by atoms with van der Waals surface area (Å²) in [5, 5.41) is 3.66. The molecule has 2 heteroatoms. The molecule has 1 atom stereocenters. The van der Waals surface area contributed by atoms with Gasteiger partial charge in [-0.15, -0.1) is 0 Å². The van der Waals surface area contributed by atoms with Crippen LogP contribution in [0.4, 0.5) is 0 Å². The van der Waals surface area contributed by atoms with Gasteiger partial charge >= 0.3 is 0 Å². The van der Waals surface area contributed by atoms with E-state index in [1.807, 2.05) is 0 Å². The third-order valence-electron chi connectivity index (χ3n) is 5.17. The Morgan fingerprint density at radius 2 is 1.60 bits per heavy atom. The van der Waals surface area contributed by atoms with Crippen LogP contribution in [0, 0.1) is 17.8 Å². The Morgan fingerprint density at radius 3 is 2.05 bits per heavy atom. The van der Waals surface area contributed by atoms with Crippen molar-refractivity contribution in [2.45, 2.75) is 78.8 Å². The lowest BCUT2D eigenvalue weighted by Crippen LogP contribution is -2.49. The molecule has 1 unspecified atom stereocenters. The lowest BCUT2D eigenvalue weighted by molar-refractivity contribution is 0.0929. The molecular formula is C18H38N2. The smallest absolute Gasteiger partial charge is 0.0243 e. The molecule has 0 amide bonds. The maximum atomic E-state index is 3.66. The van der Waals surface area contributed by atoms with Crippen LogP contribution in [0.15, 0.2) is 0 Å². The van der Waals surface area contributed by atoms with E-state index >= 15 is 0 Å². The van der Waals surface area contributed by atoms with Crippen LogP contribution in [0.3, 0.4) is 0 Å². The average molecular weight is 283 g/mol. The van der Waals surface area contributed by atoms with Crippen LogP contribution in [0.1, 0.15) is 66.7 Å². The predicted octanol–water partition coefficient (Wildman–Crippen LogP) is 4.16. The fourth-order valence-electron chi connectivity index (χ4n) is 3.60. The molecule has 1 saturated carbocycles. The fourth-order valence-corrected chi connectivity index (χ4v) is 3.60. The second kappa shape index (κ2) is 9.04. The van der Waals surface area contributed by atoms with Gasteiger partial charge in [0.1, 0.15) is 0 Å². The number of nitrogens with zero attached hydrogens (tertiary/aromatic N) is 1. The topological polar surface area (TPSA) is 15.3 Å². The summed E-state index contributed by atoms with van der Waals surface area (Å²) in [5.41, 5.74) is 0. The van der Waals surface area contributed by atoms with Crippen molar-refractivity contribution >= 4 is 0 Å². The summed E-state index contributed by atoms with van der Waals surface area (Å²) in [5.74, 6) is 2.47. The molecule has 0 saturated heterocycles. The van der Waals surface area contributed by atoms with Gasteiger partial charge in [-0.05, 0) is 57.0 Å². The van der Waals surface area contributed by atoms with Crippen molar-refractivity contribution in [1.29, 1.82) is 0 Å². The lowest BCUT2D eigenvalue weighted by atomic mass is 9.83. The Kier molecular flexibility index (Phi) is 8.13. The number of rotatable bonds is 8. The maximum absolute atomic E-state index is 3.66. The molecular weight excluding hydrogens is 244 g/mol. The van der Waals surface area contributed by atoms with E-state index in [1.165, 1.54) is 32.1 Å². The molecule has 0 aromatic heterocycles. The van der Waals surface area contributed by atoms with E-state index in [9.17, 15) is 0 Å². The van der Waals surface area contributed by atoms with E-state index in [4.69, 9.17) is 0 Å². The van der Waals surface area contributed by atoms with Crippen molar-refractivity contribution in [1.82, 2.24) is 10.2 Å². The molecule has 0 radical (unpaired) electrons. The van der Waals surface area contributed by atoms with Gasteiger partial charge in [-0.3, -0.25) is 4.90 Å². The molecule has 1 N–H and O–H groups in total. The van der Waals surface area contributed by atoms with Crippen LogP contribution < -0.4 is 5.32 Å². The largest absolute Gasteiger partial charge is 0.315 e. The van der Waals surface area contributed by atoms with Gasteiger partial charge in [0, 0.05) is 18.6 Å². The second-order valence-electron chi connectivity index (χ2n) is 7.61. The standard InChI is InChI=1S/C18H38N2/c1-7-16-8-10-17(11-9-16)20(6)18(15(4)5)13-19-12-14(2)3/h14-19H,7-13H2,1-6H3. The molecule has 1 aliphatic carbocycles. The molecule has 0 aromatic carbocycles. The maximum Gasteiger partial charge on any atom is 0.0243 e. The van der Waals surface area contributed by atoms with Crippen LogP contribution in [-0.2, 0) is 0 Å². The van der Waals surface area contributed by atoms with Gasteiger partial charge in [0.05, 0.1) is 0 Å². The first-order chi connectivity index (χ1) is 9.45. The predicted molar refractivity (Wildman–Crippen MR) is 90.1 cm³/mol. The summed E-state index contributed by atoms with van der Waals surface area (Å²) >= 11 is 0. The summed E-state index contributed by atoms with van der Waals surface area (Å²) in [7, 11) is 2.36. The highest BCUT2D eigenvalue weighted by atomic mass is 15.2.